The fourth-order valence-electron chi connectivity index (χ4n) is 2.65. The average Bonchev–Trinajstić information content (AvgIpc) is 2.62. The van der Waals surface area contributed by atoms with Crippen molar-refractivity contribution in [3.8, 4) is 0 Å². The number of benzene rings is 3. The highest BCUT2D eigenvalue weighted by Gasteiger charge is 2.17. The van der Waals surface area contributed by atoms with Crippen molar-refractivity contribution in [3.63, 3.8) is 0 Å². The van der Waals surface area contributed by atoms with E-state index in [9.17, 15) is 9.18 Å². The van der Waals surface area contributed by atoms with Gasteiger partial charge < -0.3 is 5.32 Å². The first kappa shape index (κ1) is 17.2. The van der Waals surface area contributed by atoms with E-state index in [0.717, 1.165) is 11.3 Å². The molecule has 0 amide bonds. The molecule has 0 radical (unpaired) electrons. The van der Waals surface area contributed by atoms with E-state index < -0.39 is 0 Å². The van der Waals surface area contributed by atoms with Gasteiger partial charge in [0.15, 0.2) is 5.78 Å². The Balaban J connectivity index is 1.86. The van der Waals surface area contributed by atoms with Crippen molar-refractivity contribution in [2.24, 2.45) is 0 Å². The third-order valence-corrected chi connectivity index (χ3v) is 4.16. The van der Waals surface area contributed by atoms with Crippen LogP contribution in [0.2, 0.25) is 5.02 Å². The predicted molar refractivity (Wildman–Crippen MR) is 99.6 cm³/mol. The van der Waals surface area contributed by atoms with Crippen molar-refractivity contribution in [1.29, 1.82) is 0 Å². The van der Waals surface area contributed by atoms with Gasteiger partial charge in [-0.15, -0.1) is 0 Å². The van der Waals surface area contributed by atoms with Gasteiger partial charge in [0.1, 0.15) is 5.82 Å². The maximum atomic E-state index is 13.3. The zero-order chi connectivity index (χ0) is 17.6. The second kappa shape index (κ2) is 7.95. The number of anilines is 1. The highest BCUT2D eigenvalue weighted by atomic mass is 35.5. The molecule has 0 saturated carbocycles. The van der Waals surface area contributed by atoms with Crippen molar-refractivity contribution in [2.75, 3.05) is 5.32 Å². The number of rotatable bonds is 6. The standard InChI is InChI=1S/C21H17ClFNO/c22-17-7-4-8-19(13-17)24-20(15-9-11-18(23)12-10-15)14-21(25)16-5-2-1-3-6-16/h1-13,20,24H,14H2. The fraction of sp³-hybridized carbons (Fsp3) is 0.0952. The molecule has 0 aliphatic carbocycles. The minimum absolute atomic E-state index is 0.0180. The van der Waals surface area contributed by atoms with Crippen LogP contribution in [0.5, 0.6) is 0 Å². The summed E-state index contributed by atoms with van der Waals surface area (Å²) in [7, 11) is 0. The molecular weight excluding hydrogens is 337 g/mol. The number of hydrogen-bond donors (Lipinski definition) is 1. The molecule has 126 valence electrons. The summed E-state index contributed by atoms with van der Waals surface area (Å²) in [5, 5.41) is 3.94. The molecule has 0 aromatic heterocycles. The first-order chi connectivity index (χ1) is 12.1. The summed E-state index contributed by atoms with van der Waals surface area (Å²) in [6.07, 6.45) is 0.252. The van der Waals surface area contributed by atoms with Gasteiger partial charge in [0.2, 0.25) is 0 Å². The molecular formula is C21H17ClFNO. The summed E-state index contributed by atoms with van der Waals surface area (Å²) >= 11 is 6.04. The van der Waals surface area contributed by atoms with Gasteiger partial charge >= 0.3 is 0 Å². The molecule has 0 saturated heterocycles. The monoisotopic (exact) mass is 353 g/mol. The summed E-state index contributed by atoms with van der Waals surface area (Å²) in [6, 6.07) is 22.3. The molecule has 3 aromatic carbocycles. The summed E-state index contributed by atoms with van der Waals surface area (Å²) in [4.78, 5) is 12.6. The zero-order valence-electron chi connectivity index (χ0n) is 13.5. The normalized spacial score (nSPS) is 11.8. The molecule has 3 rings (SSSR count). The molecule has 1 atom stereocenters. The van der Waals surface area contributed by atoms with Crippen LogP contribution in [0.3, 0.4) is 0 Å². The summed E-state index contributed by atoms with van der Waals surface area (Å²) in [5.41, 5.74) is 2.30. The maximum Gasteiger partial charge on any atom is 0.165 e. The third-order valence-electron chi connectivity index (χ3n) is 3.92. The van der Waals surface area contributed by atoms with Crippen LogP contribution in [0, 0.1) is 5.82 Å². The summed E-state index contributed by atoms with van der Waals surface area (Å²) < 4.78 is 13.3. The Hall–Kier alpha value is -2.65. The Kier molecular flexibility index (Phi) is 5.46. The topological polar surface area (TPSA) is 29.1 Å². The molecule has 0 aliphatic heterocycles. The van der Waals surface area contributed by atoms with Gasteiger partial charge in [-0.25, -0.2) is 4.39 Å². The van der Waals surface area contributed by atoms with Gasteiger partial charge in [-0.05, 0) is 35.9 Å². The van der Waals surface area contributed by atoms with Crippen molar-refractivity contribution in [1.82, 2.24) is 0 Å². The number of hydrogen-bond acceptors (Lipinski definition) is 2. The smallest absolute Gasteiger partial charge is 0.165 e. The molecule has 0 aliphatic rings. The average molecular weight is 354 g/mol. The Morgan fingerprint density at radius 3 is 2.36 bits per heavy atom. The van der Waals surface area contributed by atoms with Crippen molar-refractivity contribution in [2.45, 2.75) is 12.5 Å². The maximum absolute atomic E-state index is 13.3. The molecule has 0 spiro atoms. The lowest BCUT2D eigenvalue weighted by Gasteiger charge is -2.20. The first-order valence-corrected chi connectivity index (χ1v) is 8.35. The molecule has 25 heavy (non-hydrogen) atoms. The summed E-state index contributed by atoms with van der Waals surface area (Å²) in [6.45, 7) is 0. The van der Waals surface area contributed by atoms with E-state index in [-0.39, 0.29) is 24.1 Å². The fourth-order valence-corrected chi connectivity index (χ4v) is 2.84. The zero-order valence-corrected chi connectivity index (χ0v) is 14.2. The van der Waals surface area contributed by atoms with Crippen LogP contribution in [0.15, 0.2) is 78.9 Å². The highest BCUT2D eigenvalue weighted by molar-refractivity contribution is 6.30. The van der Waals surface area contributed by atoms with Crippen molar-refractivity contribution >= 4 is 23.1 Å². The molecule has 0 fully saturated rings. The van der Waals surface area contributed by atoms with Crippen LogP contribution < -0.4 is 5.32 Å². The number of halogens is 2. The number of nitrogens with one attached hydrogen (secondary N) is 1. The number of ketones is 1. The van der Waals surface area contributed by atoms with Crippen LogP contribution in [0.1, 0.15) is 28.4 Å². The molecule has 1 unspecified atom stereocenters. The SMILES string of the molecule is O=C(CC(Nc1cccc(Cl)c1)c1ccc(F)cc1)c1ccccc1. The molecule has 2 nitrogen and oxygen atoms in total. The van der Waals surface area contributed by atoms with E-state index in [2.05, 4.69) is 5.32 Å². The van der Waals surface area contributed by atoms with Gasteiger partial charge in [0, 0.05) is 22.7 Å². The lowest BCUT2D eigenvalue weighted by atomic mass is 9.97. The molecule has 0 heterocycles. The Morgan fingerprint density at radius 1 is 0.960 bits per heavy atom. The van der Waals surface area contributed by atoms with Gasteiger partial charge in [0.25, 0.3) is 0 Å². The molecule has 0 bridgehead atoms. The third kappa shape index (κ3) is 4.68. The van der Waals surface area contributed by atoms with Crippen molar-refractivity contribution in [3.05, 3.63) is 101 Å². The lowest BCUT2D eigenvalue weighted by molar-refractivity contribution is 0.0976. The first-order valence-electron chi connectivity index (χ1n) is 7.97. The highest BCUT2D eigenvalue weighted by Crippen LogP contribution is 2.26. The molecule has 4 heteroatoms. The Bertz CT molecular complexity index is 849. The second-order valence-electron chi connectivity index (χ2n) is 5.75. The molecule has 1 N–H and O–H groups in total. The number of carbonyl (C=O) groups is 1. The Labute approximate surface area is 151 Å². The van der Waals surface area contributed by atoms with E-state index in [4.69, 9.17) is 11.6 Å². The van der Waals surface area contributed by atoms with E-state index in [1.54, 1.807) is 36.4 Å². The quantitative estimate of drug-likeness (QED) is 0.558. The van der Waals surface area contributed by atoms with E-state index in [0.29, 0.717) is 10.6 Å². The number of carbonyl (C=O) groups excluding carboxylic acids is 1. The van der Waals surface area contributed by atoms with Crippen LogP contribution >= 0.6 is 11.6 Å². The minimum atomic E-state index is -0.306. The van der Waals surface area contributed by atoms with Crippen LogP contribution in [-0.4, -0.2) is 5.78 Å². The van der Waals surface area contributed by atoms with Gasteiger partial charge in [-0.1, -0.05) is 60.1 Å². The summed E-state index contributed by atoms with van der Waals surface area (Å²) in [5.74, 6) is -0.288. The van der Waals surface area contributed by atoms with Gasteiger partial charge in [0.05, 0.1) is 6.04 Å². The largest absolute Gasteiger partial charge is 0.378 e. The van der Waals surface area contributed by atoms with Crippen molar-refractivity contribution < 1.29 is 9.18 Å². The predicted octanol–water partition coefficient (Wildman–Crippen LogP) is 5.91. The van der Waals surface area contributed by atoms with Crippen LogP contribution in [0.4, 0.5) is 10.1 Å². The Morgan fingerprint density at radius 2 is 1.68 bits per heavy atom. The minimum Gasteiger partial charge on any atom is -0.378 e. The molecule has 3 aromatic rings. The second-order valence-corrected chi connectivity index (χ2v) is 6.19. The van der Waals surface area contributed by atoms with Crippen LogP contribution in [0.25, 0.3) is 0 Å². The van der Waals surface area contributed by atoms with Crippen LogP contribution in [-0.2, 0) is 0 Å². The van der Waals surface area contributed by atoms with E-state index in [1.165, 1.54) is 12.1 Å². The lowest BCUT2D eigenvalue weighted by Crippen LogP contribution is -2.16. The number of Topliss-reactive ketones (excluding diaryl/α,β-unsaturated/α-hetero) is 1. The van der Waals surface area contributed by atoms with E-state index in [1.807, 2.05) is 30.3 Å². The van der Waals surface area contributed by atoms with Gasteiger partial charge in [-0.2, -0.15) is 0 Å². The van der Waals surface area contributed by atoms with Gasteiger partial charge in [-0.3, -0.25) is 4.79 Å². The van der Waals surface area contributed by atoms with E-state index >= 15 is 0 Å².